The molecule has 1 aliphatic rings. The Morgan fingerprint density at radius 1 is 1.20 bits per heavy atom. The first-order chi connectivity index (χ1) is 6.92. The smallest absolute Gasteiger partial charge is 0.0136 e. The fourth-order valence-corrected chi connectivity index (χ4v) is 2.57. The van der Waals surface area contributed by atoms with E-state index in [1.54, 1.807) is 0 Å². The van der Waals surface area contributed by atoms with Crippen LogP contribution in [0.25, 0.3) is 0 Å². The van der Waals surface area contributed by atoms with Gasteiger partial charge in [0.25, 0.3) is 0 Å². The first-order valence-corrected chi connectivity index (χ1v) is 5.70. The van der Waals surface area contributed by atoms with Gasteiger partial charge in [-0.05, 0) is 30.9 Å². The van der Waals surface area contributed by atoms with Crippen molar-refractivity contribution < 1.29 is 0 Å². The molecule has 0 radical (unpaired) electrons. The molecule has 1 aliphatic carbocycles. The molecule has 0 saturated heterocycles. The van der Waals surface area contributed by atoms with Gasteiger partial charge >= 0.3 is 0 Å². The van der Waals surface area contributed by atoms with Crippen molar-refractivity contribution in [3.8, 4) is 0 Å². The van der Waals surface area contributed by atoms with Crippen LogP contribution in [0.1, 0.15) is 37.7 Å². The lowest BCUT2D eigenvalue weighted by atomic mass is 9.94. The number of halogens is 1. The van der Waals surface area contributed by atoms with Gasteiger partial charge in [-0.15, -0.1) is 12.4 Å². The minimum absolute atomic E-state index is 0. The van der Waals surface area contributed by atoms with Gasteiger partial charge < -0.3 is 5.32 Å². The fraction of sp³-hybridized carbons (Fsp3) is 0.538. The van der Waals surface area contributed by atoms with Crippen LogP contribution >= 0.6 is 12.4 Å². The summed E-state index contributed by atoms with van der Waals surface area (Å²) in [5.74, 6) is 0.746. The number of benzene rings is 1. The van der Waals surface area contributed by atoms with Crippen molar-refractivity contribution in [3.05, 3.63) is 35.9 Å². The van der Waals surface area contributed by atoms with Crippen LogP contribution in [-0.4, -0.2) is 12.6 Å². The third-order valence-corrected chi connectivity index (χ3v) is 3.21. The van der Waals surface area contributed by atoms with Crippen molar-refractivity contribution in [2.75, 3.05) is 6.54 Å². The van der Waals surface area contributed by atoms with Crippen molar-refractivity contribution in [1.82, 2.24) is 5.32 Å². The van der Waals surface area contributed by atoms with E-state index in [4.69, 9.17) is 0 Å². The average Bonchev–Trinajstić information content (AvgIpc) is 2.68. The zero-order chi connectivity index (χ0) is 9.80. The zero-order valence-corrected chi connectivity index (χ0v) is 10.1. The molecular formula is C13H20ClN. The van der Waals surface area contributed by atoms with Crippen molar-refractivity contribution in [1.29, 1.82) is 0 Å². The van der Waals surface area contributed by atoms with Gasteiger partial charge in [-0.2, -0.15) is 0 Å². The topological polar surface area (TPSA) is 12.0 Å². The normalized spacial score (nSPS) is 24.9. The molecule has 1 aromatic rings. The van der Waals surface area contributed by atoms with Gasteiger partial charge in [-0.25, -0.2) is 0 Å². The molecule has 1 aromatic carbocycles. The number of nitrogens with one attached hydrogen (secondary N) is 1. The molecule has 1 nitrogen and oxygen atoms in total. The first kappa shape index (κ1) is 12.5. The van der Waals surface area contributed by atoms with Gasteiger partial charge in [0.05, 0.1) is 0 Å². The maximum absolute atomic E-state index is 3.59. The third kappa shape index (κ3) is 2.96. The second kappa shape index (κ2) is 6.14. The standard InChI is InChI=1S/C13H19N.ClH/c1-2-14-13-10-6-9-12(13)11-7-4-3-5-8-11;/h3-5,7-8,12-14H,2,6,9-10H2,1H3;1H/t12-,13+;/m0./s1. The molecule has 0 heterocycles. The summed E-state index contributed by atoms with van der Waals surface area (Å²) in [7, 11) is 0. The lowest BCUT2D eigenvalue weighted by molar-refractivity contribution is 0.492. The molecule has 1 saturated carbocycles. The van der Waals surface area contributed by atoms with Gasteiger partial charge in [0.1, 0.15) is 0 Å². The van der Waals surface area contributed by atoms with Crippen molar-refractivity contribution >= 4 is 12.4 Å². The summed E-state index contributed by atoms with van der Waals surface area (Å²) in [6.07, 6.45) is 4.06. The molecule has 2 atom stereocenters. The molecule has 2 heteroatoms. The summed E-state index contributed by atoms with van der Waals surface area (Å²) in [5.41, 5.74) is 1.51. The van der Waals surface area contributed by atoms with Crippen LogP contribution in [0.2, 0.25) is 0 Å². The quantitative estimate of drug-likeness (QED) is 0.832. The summed E-state index contributed by atoms with van der Waals surface area (Å²) < 4.78 is 0. The largest absolute Gasteiger partial charge is 0.314 e. The predicted molar refractivity (Wildman–Crippen MR) is 67.7 cm³/mol. The van der Waals surface area contributed by atoms with E-state index in [0.717, 1.165) is 12.5 Å². The molecular weight excluding hydrogens is 206 g/mol. The minimum atomic E-state index is 0. The third-order valence-electron chi connectivity index (χ3n) is 3.21. The van der Waals surface area contributed by atoms with E-state index in [-0.39, 0.29) is 12.4 Å². The maximum atomic E-state index is 3.59. The van der Waals surface area contributed by atoms with Crippen LogP contribution in [0.4, 0.5) is 0 Å². The Kier molecular flexibility index (Phi) is 5.13. The molecule has 1 fully saturated rings. The van der Waals surface area contributed by atoms with E-state index in [1.165, 1.54) is 24.8 Å². The van der Waals surface area contributed by atoms with Crippen molar-refractivity contribution in [2.45, 2.75) is 38.1 Å². The van der Waals surface area contributed by atoms with Crippen LogP contribution < -0.4 is 5.32 Å². The van der Waals surface area contributed by atoms with E-state index in [2.05, 4.69) is 42.6 Å². The van der Waals surface area contributed by atoms with E-state index >= 15 is 0 Å². The number of rotatable bonds is 3. The van der Waals surface area contributed by atoms with Crippen LogP contribution in [0.3, 0.4) is 0 Å². The van der Waals surface area contributed by atoms with Gasteiger partial charge in [-0.1, -0.05) is 43.7 Å². The monoisotopic (exact) mass is 225 g/mol. The number of hydrogen-bond acceptors (Lipinski definition) is 1. The minimum Gasteiger partial charge on any atom is -0.314 e. The Morgan fingerprint density at radius 2 is 1.93 bits per heavy atom. The van der Waals surface area contributed by atoms with Crippen LogP contribution in [0.15, 0.2) is 30.3 Å². The number of hydrogen-bond donors (Lipinski definition) is 1. The molecule has 0 aliphatic heterocycles. The van der Waals surface area contributed by atoms with E-state index in [1.807, 2.05) is 0 Å². The van der Waals surface area contributed by atoms with Crippen molar-refractivity contribution in [2.24, 2.45) is 0 Å². The highest BCUT2D eigenvalue weighted by molar-refractivity contribution is 5.85. The Morgan fingerprint density at radius 3 is 2.60 bits per heavy atom. The van der Waals surface area contributed by atoms with E-state index < -0.39 is 0 Å². The Hall–Kier alpha value is -0.530. The maximum Gasteiger partial charge on any atom is 0.0136 e. The average molecular weight is 226 g/mol. The predicted octanol–water partition coefficient (Wildman–Crippen LogP) is 3.35. The van der Waals surface area contributed by atoms with Crippen molar-refractivity contribution in [3.63, 3.8) is 0 Å². The van der Waals surface area contributed by atoms with Crippen LogP contribution in [-0.2, 0) is 0 Å². The summed E-state index contributed by atoms with van der Waals surface area (Å²) in [5, 5.41) is 3.59. The summed E-state index contributed by atoms with van der Waals surface area (Å²) in [6, 6.07) is 11.6. The Balaban J connectivity index is 0.00000112. The summed E-state index contributed by atoms with van der Waals surface area (Å²) >= 11 is 0. The van der Waals surface area contributed by atoms with Gasteiger partial charge in [-0.3, -0.25) is 0 Å². The van der Waals surface area contributed by atoms with Gasteiger partial charge in [0.2, 0.25) is 0 Å². The second-order valence-corrected chi connectivity index (χ2v) is 4.11. The molecule has 0 unspecified atom stereocenters. The van der Waals surface area contributed by atoms with Gasteiger partial charge in [0.15, 0.2) is 0 Å². The highest BCUT2D eigenvalue weighted by atomic mass is 35.5. The number of likely N-dealkylation sites (N-methyl/N-ethyl adjacent to an activating group) is 1. The molecule has 0 bridgehead atoms. The molecule has 0 amide bonds. The van der Waals surface area contributed by atoms with E-state index in [0.29, 0.717) is 6.04 Å². The van der Waals surface area contributed by atoms with Crippen LogP contribution in [0, 0.1) is 0 Å². The SMILES string of the molecule is CCN[C@@H]1CCC[C@H]1c1ccccc1.Cl. The second-order valence-electron chi connectivity index (χ2n) is 4.11. The summed E-state index contributed by atoms with van der Waals surface area (Å²) in [6.45, 7) is 3.29. The molecule has 0 spiro atoms. The first-order valence-electron chi connectivity index (χ1n) is 5.70. The highest BCUT2D eigenvalue weighted by Crippen LogP contribution is 2.34. The van der Waals surface area contributed by atoms with Gasteiger partial charge in [0, 0.05) is 6.04 Å². The van der Waals surface area contributed by atoms with E-state index in [9.17, 15) is 0 Å². The fourth-order valence-electron chi connectivity index (χ4n) is 2.57. The Bertz CT molecular complexity index is 273. The molecule has 84 valence electrons. The lowest BCUT2D eigenvalue weighted by Crippen LogP contribution is -2.30. The molecule has 15 heavy (non-hydrogen) atoms. The zero-order valence-electron chi connectivity index (χ0n) is 9.28. The molecule has 2 rings (SSSR count). The Labute approximate surface area is 98.7 Å². The van der Waals surface area contributed by atoms with Crippen LogP contribution in [0.5, 0.6) is 0 Å². The molecule has 1 N–H and O–H groups in total. The lowest BCUT2D eigenvalue weighted by Gasteiger charge is -2.20. The summed E-state index contributed by atoms with van der Waals surface area (Å²) in [4.78, 5) is 0. The molecule has 0 aromatic heterocycles. The highest BCUT2D eigenvalue weighted by Gasteiger charge is 2.27.